The van der Waals surface area contributed by atoms with Crippen molar-refractivity contribution < 1.29 is 14.2 Å². The van der Waals surface area contributed by atoms with Crippen LogP contribution in [0.25, 0.3) is 0 Å². The molecule has 0 saturated heterocycles. The first kappa shape index (κ1) is 14.5. The lowest BCUT2D eigenvalue weighted by atomic mass is 10.0. The van der Waals surface area contributed by atoms with Gasteiger partial charge in [0.05, 0.1) is 24.9 Å². The van der Waals surface area contributed by atoms with Crippen LogP contribution in [0.4, 0.5) is 10.1 Å². The maximum atomic E-state index is 13.6. The Morgan fingerprint density at radius 2 is 2.00 bits per heavy atom. The molecule has 0 spiro atoms. The van der Waals surface area contributed by atoms with Gasteiger partial charge in [-0.1, -0.05) is 36.4 Å². The van der Waals surface area contributed by atoms with E-state index in [1.165, 1.54) is 6.07 Å². The molecular weight excluding hydrogens is 257 g/mol. The van der Waals surface area contributed by atoms with Gasteiger partial charge in [0.2, 0.25) is 0 Å². The first-order chi connectivity index (χ1) is 9.74. The van der Waals surface area contributed by atoms with E-state index in [1.807, 2.05) is 24.3 Å². The number of aliphatic hydroxyl groups excluding tert-OH is 1. The number of halogens is 1. The number of para-hydroxylation sites is 1. The highest BCUT2D eigenvalue weighted by atomic mass is 19.1. The van der Waals surface area contributed by atoms with E-state index < -0.39 is 0 Å². The van der Waals surface area contributed by atoms with Crippen LogP contribution in [0.2, 0.25) is 0 Å². The summed E-state index contributed by atoms with van der Waals surface area (Å²) in [7, 11) is 1.63. The first-order valence-electron chi connectivity index (χ1n) is 6.44. The molecule has 2 N–H and O–H groups in total. The first-order valence-corrected chi connectivity index (χ1v) is 6.44. The highest BCUT2D eigenvalue weighted by Crippen LogP contribution is 2.22. The zero-order valence-electron chi connectivity index (χ0n) is 11.3. The average Bonchev–Trinajstić information content (AvgIpc) is 2.47. The van der Waals surface area contributed by atoms with Crippen molar-refractivity contribution in [1.29, 1.82) is 0 Å². The molecule has 0 bridgehead atoms. The fourth-order valence-corrected chi connectivity index (χ4v) is 2.07. The maximum Gasteiger partial charge on any atom is 0.146 e. The molecule has 2 aromatic carbocycles. The van der Waals surface area contributed by atoms with Crippen molar-refractivity contribution in [2.45, 2.75) is 12.6 Å². The number of methoxy groups -OCH3 is 1. The lowest BCUT2D eigenvalue weighted by Gasteiger charge is -2.19. The summed E-state index contributed by atoms with van der Waals surface area (Å²) in [6.45, 7) is 0.385. The van der Waals surface area contributed by atoms with Crippen molar-refractivity contribution in [3.05, 3.63) is 65.5 Å². The summed E-state index contributed by atoms with van der Waals surface area (Å²) in [4.78, 5) is 0. The Balaban J connectivity index is 2.20. The van der Waals surface area contributed by atoms with Gasteiger partial charge in [-0.3, -0.25) is 0 Å². The van der Waals surface area contributed by atoms with Crippen molar-refractivity contribution >= 4 is 5.69 Å². The molecule has 2 aromatic rings. The predicted molar refractivity (Wildman–Crippen MR) is 77.0 cm³/mol. The maximum absolute atomic E-state index is 13.6. The Morgan fingerprint density at radius 3 is 2.70 bits per heavy atom. The van der Waals surface area contributed by atoms with Crippen molar-refractivity contribution in [3.63, 3.8) is 0 Å². The van der Waals surface area contributed by atoms with Gasteiger partial charge in [-0.2, -0.15) is 0 Å². The largest absolute Gasteiger partial charge is 0.394 e. The van der Waals surface area contributed by atoms with E-state index in [9.17, 15) is 9.50 Å². The highest BCUT2D eigenvalue weighted by Gasteiger charge is 2.12. The minimum atomic E-state index is -0.358. The van der Waals surface area contributed by atoms with Gasteiger partial charge in [-0.15, -0.1) is 0 Å². The van der Waals surface area contributed by atoms with Gasteiger partial charge >= 0.3 is 0 Å². The van der Waals surface area contributed by atoms with Crippen LogP contribution in [0.15, 0.2) is 48.5 Å². The molecular formula is C16H18FNO2. The minimum absolute atomic E-state index is 0.120. The Labute approximate surface area is 118 Å². The van der Waals surface area contributed by atoms with E-state index in [0.29, 0.717) is 12.3 Å². The zero-order chi connectivity index (χ0) is 14.4. The Bertz CT molecular complexity index is 560. The molecule has 0 aliphatic heterocycles. The molecule has 2 rings (SSSR count). The van der Waals surface area contributed by atoms with E-state index in [0.717, 1.165) is 11.1 Å². The van der Waals surface area contributed by atoms with Gasteiger partial charge in [0.1, 0.15) is 5.82 Å². The summed E-state index contributed by atoms with van der Waals surface area (Å²) < 4.78 is 18.7. The lowest BCUT2D eigenvalue weighted by molar-refractivity contribution is 0.184. The molecule has 3 nitrogen and oxygen atoms in total. The molecule has 0 fully saturated rings. The normalized spacial score (nSPS) is 12.2. The standard InChI is InChI=1S/C16H18FNO2/c1-20-11-12-5-4-6-13(9-12)16(10-19)18-15-8-3-2-7-14(15)17/h2-9,16,18-19H,10-11H2,1H3. The molecule has 4 heteroatoms. The molecule has 0 saturated carbocycles. The number of aliphatic hydroxyl groups is 1. The molecule has 0 aliphatic carbocycles. The van der Waals surface area contributed by atoms with Gasteiger partial charge in [0, 0.05) is 7.11 Å². The number of hydrogen-bond donors (Lipinski definition) is 2. The monoisotopic (exact) mass is 275 g/mol. The van der Waals surface area contributed by atoms with Crippen LogP contribution in [0.5, 0.6) is 0 Å². The highest BCUT2D eigenvalue weighted by molar-refractivity contribution is 5.47. The van der Waals surface area contributed by atoms with Crippen molar-refractivity contribution in [2.75, 3.05) is 19.0 Å². The predicted octanol–water partition coefficient (Wildman–Crippen LogP) is 3.12. The number of anilines is 1. The molecule has 1 atom stereocenters. The summed E-state index contributed by atoms with van der Waals surface area (Å²) in [6, 6.07) is 13.7. The third-order valence-electron chi connectivity index (χ3n) is 3.05. The van der Waals surface area contributed by atoms with Crippen molar-refractivity contribution in [2.24, 2.45) is 0 Å². The van der Waals surface area contributed by atoms with Crippen LogP contribution in [-0.4, -0.2) is 18.8 Å². The Kier molecular flexibility index (Phi) is 5.09. The SMILES string of the molecule is COCc1cccc(C(CO)Nc2ccccc2F)c1. The van der Waals surface area contributed by atoms with E-state index in [2.05, 4.69) is 5.32 Å². The number of nitrogens with one attached hydrogen (secondary N) is 1. The fraction of sp³-hybridized carbons (Fsp3) is 0.250. The van der Waals surface area contributed by atoms with Crippen LogP contribution < -0.4 is 5.32 Å². The second kappa shape index (κ2) is 7.03. The summed E-state index contributed by atoms with van der Waals surface area (Å²) >= 11 is 0. The quantitative estimate of drug-likeness (QED) is 0.851. The van der Waals surface area contributed by atoms with E-state index in [4.69, 9.17) is 4.74 Å². The van der Waals surface area contributed by atoms with E-state index in [-0.39, 0.29) is 18.5 Å². The Morgan fingerprint density at radius 1 is 1.20 bits per heavy atom. The summed E-state index contributed by atoms with van der Waals surface area (Å²) in [5.41, 5.74) is 2.28. The second-order valence-electron chi connectivity index (χ2n) is 4.54. The molecule has 0 amide bonds. The van der Waals surface area contributed by atoms with Crippen LogP contribution in [-0.2, 0) is 11.3 Å². The minimum Gasteiger partial charge on any atom is -0.394 e. The average molecular weight is 275 g/mol. The molecule has 0 aliphatic rings. The van der Waals surface area contributed by atoms with Crippen LogP contribution >= 0.6 is 0 Å². The number of ether oxygens (including phenoxy) is 1. The third kappa shape index (κ3) is 3.56. The molecule has 20 heavy (non-hydrogen) atoms. The molecule has 1 unspecified atom stereocenters. The third-order valence-corrected chi connectivity index (χ3v) is 3.05. The zero-order valence-corrected chi connectivity index (χ0v) is 11.3. The van der Waals surface area contributed by atoms with Crippen LogP contribution in [0.1, 0.15) is 17.2 Å². The fourth-order valence-electron chi connectivity index (χ4n) is 2.07. The van der Waals surface area contributed by atoms with Crippen LogP contribution in [0, 0.1) is 5.82 Å². The summed E-state index contributed by atoms with van der Waals surface area (Å²) in [5, 5.41) is 12.6. The molecule has 0 radical (unpaired) electrons. The summed E-state index contributed by atoms with van der Waals surface area (Å²) in [5.74, 6) is -0.334. The molecule has 0 aromatic heterocycles. The number of benzene rings is 2. The van der Waals surface area contributed by atoms with Gasteiger partial charge in [0.15, 0.2) is 0 Å². The van der Waals surface area contributed by atoms with Gasteiger partial charge < -0.3 is 15.2 Å². The van der Waals surface area contributed by atoms with E-state index >= 15 is 0 Å². The molecule has 0 heterocycles. The van der Waals surface area contributed by atoms with Crippen LogP contribution in [0.3, 0.4) is 0 Å². The van der Waals surface area contributed by atoms with E-state index in [1.54, 1.807) is 25.3 Å². The van der Waals surface area contributed by atoms with Crippen molar-refractivity contribution in [1.82, 2.24) is 0 Å². The topological polar surface area (TPSA) is 41.5 Å². The Hall–Kier alpha value is -1.91. The second-order valence-corrected chi connectivity index (χ2v) is 4.54. The van der Waals surface area contributed by atoms with Crippen molar-refractivity contribution in [3.8, 4) is 0 Å². The number of hydrogen-bond acceptors (Lipinski definition) is 3. The smallest absolute Gasteiger partial charge is 0.146 e. The number of rotatable bonds is 6. The van der Waals surface area contributed by atoms with Gasteiger partial charge in [0.25, 0.3) is 0 Å². The summed E-state index contributed by atoms with van der Waals surface area (Å²) in [6.07, 6.45) is 0. The molecule has 106 valence electrons. The lowest BCUT2D eigenvalue weighted by Crippen LogP contribution is -2.15. The van der Waals surface area contributed by atoms with Gasteiger partial charge in [-0.25, -0.2) is 4.39 Å². The van der Waals surface area contributed by atoms with Gasteiger partial charge in [-0.05, 0) is 23.3 Å².